The molecule has 1 saturated carbocycles. The number of carbonyl (C=O) groups excluding carboxylic acids is 1. The molecule has 1 aromatic heterocycles. The summed E-state index contributed by atoms with van der Waals surface area (Å²) in [6.45, 7) is 0. The van der Waals surface area contributed by atoms with E-state index in [2.05, 4.69) is 10.6 Å². The van der Waals surface area contributed by atoms with E-state index in [1.165, 1.54) is 0 Å². The van der Waals surface area contributed by atoms with Crippen LogP contribution in [0.3, 0.4) is 0 Å². The van der Waals surface area contributed by atoms with Crippen molar-refractivity contribution in [2.75, 3.05) is 0 Å². The molecule has 0 saturated heterocycles. The summed E-state index contributed by atoms with van der Waals surface area (Å²) in [6.07, 6.45) is 3.79. The zero-order valence-corrected chi connectivity index (χ0v) is 14.5. The van der Waals surface area contributed by atoms with Crippen molar-refractivity contribution in [3.8, 4) is 0 Å². The van der Waals surface area contributed by atoms with E-state index >= 15 is 0 Å². The lowest BCUT2D eigenvalue weighted by Crippen LogP contribution is -2.40. The van der Waals surface area contributed by atoms with Gasteiger partial charge in [0.25, 0.3) is 0 Å². The van der Waals surface area contributed by atoms with E-state index in [-0.39, 0.29) is 11.9 Å². The van der Waals surface area contributed by atoms with Crippen molar-refractivity contribution in [2.24, 2.45) is 0 Å². The predicted octanol–water partition coefficient (Wildman–Crippen LogP) is 3.98. The lowest BCUT2D eigenvalue weighted by Gasteiger charge is -2.25. The van der Waals surface area contributed by atoms with Crippen molar-refractivity contribution in [3.05, 3.63) is 95.9 Å². The van der Waals surface area contributed by atoms with Crippen LogP contribution in [0.15, 0.2) is 83.5 Å². The van der Waals surface area contributed by atoms with Crippen molar-refractivity contribution < 1.29 is 9.21 Å². The van der Waals surface area contributed by atoms with E-state index < -0.39 is 6.04 Å². The highest BCUT2D eigenvalue weighted by atomic mass is 16.3. The molecule has 26 heavy (non-hydrogen) atoms. The Morgan fingerprint density at radius 1 is 0.885 bits per heavy atom. The zero-order chi connectivity index (χ0) is 17.8. The van der Waals surface area contributed by atoms with Crippen LogP contribution in [0.2, 0.25) is 0 Å². The van der Waals surface area contributed by atoms with Gasteiger partial charge in [0.05, 0.1) is 12.3 Å². The summed E-state index contributed by atoms with van der Waals surface area (Å²) in [5, 5.41) is 6.64. The maximum Gasteiger partial charge on any atom is 0.241 e. The second kappa shape index (κ2) is 7.58. The molecule has 0 spiro atoms. The van der Waals surface area contributed by atoms with Crippen LogP contribution in [0, 0.1) is 0 Å². The Balaban J connectivity index is 1.66. The van der Waals surface area contributed by atoms with Gasteiger partial charge in [-0.25, -0.2) is 0 Å². The quantitative estimate of drug-likeness (QED) is 0.680. The van der Waals surface area contributed by atoms with Gasteiger partial charge in [-0.15, -0.1) is 0 Å². The van der Waals surface area contributed by atoms with Gasteiger partial charge in [0.15, 0.2) is 0 Å². The number of hydrogen-bond acceptors (Lipinski definition) is 3. The van der Waals surface area contributed by atoms with E-state index in [1.54, 1.807) is 6.26 Å². The fourth-order valence-electron chi connectivity index (χ4n) is 3.09. The van der Waals surface area contributed by atoms with Crippen LogP contribution in [0.1, 0.15) is 41.8 Å². The van der Waals surface area contributed by atoms with Gasteiger partial charge in [-0.3, -0.25) is 10.1 Å². The molecule has 4 nitrogen and oxygen atoms in total. The fourth-order valence-corrected chi connectivity index (χ4v) is 3.09. The molecule has 4 heteroatoms. The Morgan fingerprint density at radius 3 is 2.12 bits per heavy atom. The standard InChI is InChI=1S/C22H22N2O2/c25-22(23-18-13-14-18)21(17-10-5-2-6-11-17)24-20(19-12-7-15-26-19)16-8-3-1-4-9-16/h1-12,15,18,20-21,24H,13-14H2,(H,23,25)/t20-,21+/m0/s1. The first kappa shape index (κ1) is 16.6. The monoisotopic (exact) mass is 346 g/mol. The minimum absolute atomic E-state index is 0.00573. The van der Waals surface area contributed by atoms with E-state index in [0.717, 1.165) is 29.7 Å². The van der Waals surface area contributed by atoms with Crippen molar-refractivity contribution in [1.82, 2.24) is 10.6 Å². The molecular formula is C22H22N2O2. The molecule has 0 unspecified atom stereocenters. The highest BCUT2D eigenvalue weighted by molar-refractivity contribution is 5.83. The molecule has 2 aromatic carbocycles. The first-order valence-electron chi connectivity index (χ1n) is 9.01. The Bertz CT molecular complexity index is 827. The molecule has 4 rings (SSSR count). The summed E-state index contributed by atoms with van der Waals surface area (Å²) in [6, 6.07) is 23.4. The molecule has 132 valence electrons. The van der Waals surface area contributed by atoms with Gasteiger partial charge in [0.1, 0.15) is 11.8 Å². The molecule has 3 aromatic rings. The molecule has 2 atom stereocenters. The van der Waals surface area contributed by atoms with Crippen molar-refractivity contribution in [1.29, 1.82) is 0 Å². The normalized spacial score (nSPS) is 16.0. The summed E-state index contributed by atoms with van der Waals surface area (Å²) in [7, 11) is 0. The smallest absolute Gasteiger partial charge is 0.241 e. The summed E-state index contributed by atoms with van der Waals surface area (Å²) >= 11 is 0. The van der Waals surface area contributed by atoms with Crippen LogP contribution in [0.5, 0.6) is 0 Å². The topological polar surface area (TPSA) is 54.3 Å². The summed E-state index contributed by atoms with van der Waals surface area (Å²) in [5.41, 5.74) is 2.00. The first-order chi connectivity index (χ1) is 12.8. The van der Waals surface area contributed by atoms with Crippen LogP contribution >= 0.6 is 0 Å². The van der Waals surface area contributed by atoms with Gasteiger partial charge in [-0.1, -0.05) is 60.7 Å². The number of hydrogen-bond donors (Lipinski definition) is 2. The van der Waals surface area contributed by atoms with Crippen LogP contribution < -0.4 is 10.6 Å². The Labute approximate surface area is 153 Å². The van der Waals surface area contributed by atoms with Gasteiger partial charge in [-0.2, -0.15) is 0 Å². The minimum atomic E-state index is -0.452. The van der Waals surface area contributed by atoms with E-state index in [0.29, 0.717) is 6.04 Å². The number of carbonyl (C=O) groups is 1. The maximum absolute atomic E-state index is 12.9. The van der Waals surface area contributed by atoms with Crippen LogP contribution in [-0.2, 0) is 4.79 Å². The number of nitrogens with one attached hydrogen (secondary N) is 2. The zero-order valence-electron chi connectivity index (χ0n) is 14.5. The SMILES string of the molecule is O=C(NC1CC1)[C@H](N[C@@H](c1ccccc1)c1ccco1)c1ccccc1. The molecule has 1 aliphatic carbocycles. The van der Waals surface area contributed by atoms with Crippen LogP contribution in [0.25, 0.3) is 0 Å². The molecule has 1 amide bonds. The Morgan fingerprint density at radius 2 is 1.54 bits per heavy atom. The van der Waals surface area contributed by atoms with Crippen molar-refractivity contribution in [2.45, 2.75) is 31.0 Å². The van der Waals surface area contributed by atoms with E-state index in [9.17, 15) is 4.79 Å². The third kappa shape index (κ3) is 3.86. The Hall–Kier alpha value is -2.85. The second-order valence-corrected chi connectivity index (χ2v) is 6.65. The number of benzene rings is 2. The third-order valence-corrected chi connectivity index (χ3v) is 4.61. The van der Waals surface area contributed by atoms with Gasteiger partial charge in [0.2, 0.25) is 5.91 Å². The highest BCUT2D eigenvalue weighted by Crippen LogP contribution is 2.28. The molecule has 1 fully saturated rings. The van der Waals surface area contributed by atoms with Gasteiger partial charge < -0.3 is 9.73 Å². The third-order valence-electron chi connectivity index (χ3n) is 4.61. The molecule has 0 bridgehead atoms. The predicted molar refractivity (Wildman–Crippen MR) is 100 cm³/mol. The summed E-state index contributed by atoms with van der Waals surface area (Å²) < 4.78 is 5.67. The highest BCUT2D eigenvalue weighted by Gasteiger charge is 2.31. The van der Waals surface area contributed by atoms with Crippen molar-refractivity contribution in [3.63, 3.8) is 0 Å². The number of amides is 1. The average Bonchev–Trinajstić information content (AvgIpc) is 3.33. The lowest BCUT2D eigenvalue weighted by molar-refractivity contribution is -0.123. The molecule has 1 heterocycles. The van der Waals surface area contributed by atoms with E-state index in [1.807, 2.05) is 72.8 Å². The summed E-state index contributed by atoms with van der Waals surface area (Å²) in [4.78, 5) is 12.9. The molecule has 0 aliphatic heterocycles. The van der Waals surface area contributed by atoms with Gasteiger partial charge in [-0.05, 0) is 36.1 Å². The second-order valence-electron chi connectivity index (χ2n) is 6.65. The maximum atomic E-state index is 12.9. The molecule has 0 radical (unpaired) electrons. The lowest BCUT2D eigenvalue weighted by atomic mass is 10.00. The first-order valence-corrected chi connectivity index (χ1v) is 9.01. The van der Waals surface area contributed by atoms with E-state index in [4.69, 9.17) is 4.42 Å². The van der Waals surface area contributed by atoms with Crippen LogP contribution in [0.4, 0.5) is 0 Å². The Kier molecular flexibility index (Phi) is 4.84. The molecular weight excluding hydrogens is 324 g/mol. The minimum Gasteiger partial charge on any atom is -0.467 e. The molecule has 2 N–H and O–H groups in total. The summed E-state index contributed by atoms with van der Waals surface area (Å²) in [5.74, 6) is 0.794. The van der Waals surface area contributed by atoms with Crippen molar-refractivity contribution >= 4 is 5.91 Å². The number of furan rings is 1. The van der Waals surface area contributed by atoms with Gasteiger partial charge >= 0.3 is 0 Å². The van der Waals surface area contributed by atoms with Gasteiger partial charge in [0, 0.05) is 6.04 Å². The number of rotatable bonds is 7. The fraction of sp³-hybridized carbons (Fsp3) is 0.227. The van der Waals surface area contributed by atoms with Crippen LogP contribution in [-0.4, -0.2) is 11.9 Å². The average molecular weight is 346 g/mol. The largest absolute Gasteiger partial charge is 0.467 e. The molecule has 1 aliphatic rings.